The highest BCUT2D eigenvalue weighted by molar-refractivity contribution is 7.98. The van der Waals surface area contributed by atoms with E-state index in [2.05, 4.69) is 18.8 Å². The van der Waals surface area contributed by atoms with Crippen LogP contribution in [0.15, 0.2) is 69.5 Å². The molecule has 4 aromatic rings. The van der Waals surface area contributed by atoms with Crippen molar-refractivity contribution in [3.8, 4) is 0 Å². The fourth-order valence-electron chi connectivity index (χ4n) is 3.95. The summed E-state index contributed by atoms with van der Waals surface area (Å²) in [7, 11) is 0. The van der Waals surface area contributed by atoms with Gasteiger partial charge in [0, 0.05) is 24.6 Å². The third-order valence-electron chi connectivity index (χ3n) is 5.71. The summed E-state index contributed by atoms with van der Waals surface area (Å²) in [5.41, 5.74) is 1.88. The maximum atomic E-state index is 13.2. The van der Waals surface area contributed by atoms with E-state index in [9.17, 15) is 9.59 Å². The molecule has 3 heterocycles. The van der Waals surface area contributed by atoms with Gasteiger partial charge in [0.1, 0.15) is 5.65 Å². The minimum Gasteiger partial charge on any atom is -0.287 e. The Morgan fingerprint density at radius 2 is 1.73 bits per heavy atom. The summed E-state index contributed by atoms with van der Waals surface area (Å²) >= 11 is 1.46. The maximum absolute atomic E-state index is 13.2. The van der Waals surface area contributed by atoms with Gasteiger partial charge >= 0.3 is 0 Å². The molecule has 33 heavy (non-hydrogen) atoms. The Hall–Kier alpha value is -2.93. The molecule has 0 aliphatic rings. The number of fused-ring (bicyclic) bond motifs is 2. The van der Waals surface area contributed by atoms with Gasteiger partial charge in [-0.2, -0.15) is 0 Å². The molecule has 6 nitrogen and oxygen atoms in total. The molecule has 0 saturated heterocycles. The van der Waals surface area contributed by atoms with Crippen LogP contribution in [0.1, 0.15) is 51.6 Å². The Labute approximate surface area is 197 Å². The zero-order chi connectivity index (χ0) is 23.2. The van der Waals surface area contributed by atoms with Crippen LogP contribution in [0, 0.1) is 5.92 Å². The molecule has 3 aromatic heterocycles. The van der Waals surface area contributed by atoms with Crippen LogP contribution in [0.5, 0.6) is 0 Å². The Morgan fingerprint density at radius 3 is 2.58 bits per heavy atom. The fourth-order valence-corrected chi connectivity index (χ4v) is 4.86. The molecule has 0 amide bonds. The number of thioether (sulfide) groups is 1. The van der Waals surface area contributed by atoms with E-state index in [1.807, 2.05) is 42.5 Å². The molecule has 0 bridgehead atoms. The molecule has 0 aliphatic carbocycles. The first kappa shape index (κ1) is 23.2. The number of nitrogens with zero attached hydrogens (tertiary/aromatic N) is 4. The Balaban J connectivity index is 1.55. The fraction of sp³-hybridized carbons (Fsp3) is 0.385. The molecular weight excluding hydrogens is 432 g/mol. The van der Waals surface area contributed by atoms with Crippen molar-refractivity contribution >= 4 is 28.3 Å². The summed E-state index contributed by atoms with van der Waals surface area (Å²) < 4.78 is 3.32. The van der Waals surface area contributed by atoms with Crippen molar-refractivity contribution in [1.82, 2.24) is 18.9 Å². The zero-order valence-electron chi connectivity index (χ0n) is 19.2. The minimum absolute atomic E-state index is 0.00294. The number of unbranched alkanes of at least 4 members (excludes halogenated alkanes) is 3. The molecule has 0 fully saturated rings. The lowest BCUT2D eigenvalue weighted by Gasteiger charge is -2.13. The standard InChI is InChI=1S/C26H30N4O2S/c1-19(2)11-5-3-4-9-16-30-25(32)21-12-6-7-13-22(21)28-26(30)33-18-20-17-24(31)29-15-10-8-14-23(29)27-20/h6-8,10,12-15,17,19H,3-5,9,11,16,18H2,1-2H3. The van der Waals surface area contributed by atoms with Crippen LogP contribution >= 0.6 is 11.8 Å². The van der Waals surface area contributed by atoms with E-state index in [-0.39, 0.29) is 11.1 Å². The number of hydrogen-bond acceptors (Lipinski definition) is 5. The van der Waals surface area contributed by atoms with Crippen LogP contribution in [-0.4, -0.2) is 18.9 Å². The highest BCUT2D eigenvalue weighted by Crippen LogP contribution is 2.22. The summed E-state index contributed by atoms with van der Waals surface area (Å²) in [4.78, 5) is 35.1. The lowest BCUT2D eigenvalue weighted by molar-refractivity contribution is 0.491. The predicted octanol–water partition coefficient (Wildman–Crippen LogP) is 5.30. The molecule has 0 spiro atoms. The monoisotopic (exact) mass is 462 g/mol. The number of rotatable bonds is 10. The third kappa shape index (κ3) is 5.71. The van der Waals surface area contributed by atoms with E-state index in [1.165, 1.54) is 35.4 Å². The smallest absolute Gasteiger partial charge is 0.262 e. The van der Waals surface area contributed by atoms with Gasteiger partial charge in [-0.3, -0.25) is 18.6 Å². The molecule has 0 unspecified atom stereocenters. The van der Waals surface area contributed by atoms with Gasteiger partial charge in [-0.1, -0.05) is 69.5 Å². The van der Waals surface area contributed by atoms with Gasteiger partial charge in [0.25, 0.3) is 11.1 Å². The van der Waals surface area contributed by atoms with Crippen molar-refractivity contribution in [3.63, 3.8) is 0 Å². The summed E-state index contributed by atoms with van der Waals surface area (Å²) in [6.07, 6.45) is 7.41. The first-order chi connectivity index (χ1) is 16.0. The molecule has 7 heteroatoms. The van der Waals surface area contributed by atoms with Crippen molar-refractivity contribution in [1.29, 1.82) is 0 Å². The number of para-hydroxylation sites is 1. The van der Waals surface area contributed by atoms with E-state index in [0.717, 1.165) is 18.8 Å². The zero-order valence-corrected chi connectivity index (χ0v) is 20.1. The number of pyridine rings is 1. The largest absolute Gasteiger partial charge is 0.287 e. The van der Waals surface area contributed by atoms with E-state index in [0.29, 0.717) is 39.7 Å². The summed E-state index contributed by atoms with van der Waals surface area (Å²) in [5, 5.41) is 1.32. The normalized spacial score (nSPS) is 11.6. The van der Waals surface area contributed by atoms with Crippen molar-refractivity contribution in [2.24, 2.45) is 5.92 Å². The second kappa shape index (κ2) is 10.8. The van der Waals surface area contributed by atoms with Crippen molar-refractivity contribution in [2.75, 3.05) is 0 Å². The van der Waals surface area contributed by atoms with Gasteiger partial charge < -0.3 is 0 Å². The lowest BCUT2D eigenvalue weighted by atomic mass is 10.0. The topological polar surface area (TPSA) is 69.3 Å². The predicted molar refractivity (Wildman–Crippen MR) is 135 cm³/mol. The molecule has 0 aliphatic heterocycles. The first-order valence-electron chi connectivity index (χ1n) is 11.6. The second-order valence-electron chi connectivity index (χ2n) is 8.77. The van der Waals surface area contributed by atoms with Crippen molar-refractivity contribution in [3.05, 3.63) is 81.1 Å². The third-order valence-corrected chi connectivity index (χ3v) is 6.72. The molecule has 172 valence electrons. The van der Waals surface area contributed by atoms with Crippen molar-refractivity contribution < 1.29 is 0 Å². The van der Waals surface area contributed by atoms with Gasteiger partial charge in [-0.05, 0) is 36.6 Å². The summed E-state index contributed by atoms with van der Waals surface area (Å²) in [6, 6.07) is 14.5. The average molecular weight is 463 g/mol. The number of benzene rings is 1. The van der Waals surface area contributed by atoms with Gasteiger partial charge in [-0.15, -0.1) is 0 Å². The lowest BCUT2D eigenvalue weighted by Crippen LogP contribution is -2.23. The Bertz CT molecular complexity index is 1360. The molecule has 1 aromatic carbocycles. The van der Waals surface area contributed by atoms with Crippen LogP contribution in [0.4, 0.5) is 0 Å². The summed E-state index contributed by atoms with van der Waals surface area (Å²) in [5.74, 6) is 1.21. The van der Waals surface area contributed by atoms with Crippen LogP contribution in [-0.2, 0) is 12.3 Å². The van der Waals surface area contributed by atoms with E-state index < -0.39 is 0 Å². The highest BCUT2D eigenvalue weighted by atomic mass is 32.2. The number of hydrogen-bond donors (Lipinski definition) is 0. The molecule has 0 N–H and O–H groups in total. The first-order valence-corrected chi connectivity index (χ1v) is 12.6. The average Bonchev–Trinajstić information content (AvgIpc) is 2.81. The maximum Gasteiger partial charge on any atom is 0.262 e. The van der Waals surface area contributed by atoms with Gasteiger partial charge in [-0.25, -0.2) is 9.97 Å². The Morgan fingerprint density at radius 1 is 0.939 bits per heavy atom. The van der Waals surface area contributed by atoms with Gasteiger partial charge in [0.2, 0.25) is 0 Å². The Kier molecular flexibility index (Phi) is 7.60. The van der Waals surface area contributed by atoms with Crippen LogP contribution < -0.4 is 11.1 Å². The van der Waals surface area contributed by atoms with Crippen LogP contribution in [0.3, 0.4) is 0 Å². The number of aromatic nitrogens is 4. The highest BCUT2D eigenvalue weighted by Gasteiger charge is 2.12. The molecule has 4 rings (SSSR count). The minimum atomic E-state index is -0.110. The molecule has 0 radical (unpaired) electrons. The van der Waals surface area contributed by atoms with Crippen LogP contribution in [0.2, 0.25) is 0 Å². The van der Waals surface area contributed by atoms with E-state index in [4.69, 9.17) is 4.98 Å². The molecule has 0 saturated carbocycles. The molecular formula is C26H30N4O2S. The van der Waals surface area contributed by atoms with Gasteiger partial charge in [0.05, 0.1) is 16.6 Å². The second-order valence-corrected chi connectivity index (χ2v) is 9.71. The molecule has 0 atom stereocenters. The quantitative estimate of drug-likeness (QED) is 0.182. The van der Waals surface area contributed by atoms with Crippen molar-refractivity contribution in [2.45, 2.75) is 63.4 Å². The van der Waals surface area contributed by atoms with E-state index in [1.54, 1.807) is 16.8 Å². The van der Waals surface area contributed by atoms with Crippen LogP contribution in [0.25, 0.3) is 16.6 Å². The van der Waals surface area contributed by atoms with Gasteiger partial charge in [0.15, 0.2) is 5.16 Å². The SMILES string of the molecule is CC(C)CCCCCCn1c(SCc2cc(=O)n3ccccc3n2)nc2ccccc2c1=O. The summed E-state index contributed by atoms with van der Waals surface area (Å²) in [6.45, 7) is 5.15. The van der Waals surface area contributed by atoms with E-state index >= 15 is 0 Å².